The molecule has 1 saturated heterocycles. The first-order valence-corrected chi connectivity index (χ1v) is 6.22. The lowest BCUT2D eigenvalue weighted by Gasteiger charge is -2.30. The average molecular weight is 251 g/mol. The number of hydrogen-bond donors (Lipinski definition) is 1. The Kier molecular flexibility index (Phi) is 3.97. The molecular weight excluding hydrogens is 233 g/mol. The van der Waals surface area contributed by atoms with Crippen molar-refractivity contribution in [3.63, 3.8) is 0 Å². The second-order valence-corrected chi connectivity index (χ2v) is 4.81. The molecule has 1 fully saturated rings. The number of carbonyl (C=O) groups excluding carboxylic acids is 1. The monoisotopic (exact) mass is 251 g/mol. The fourth-order valence-corrected chi connectivity index (χ4v) is 2.55. The van der Waals surface area contributed by atoms with Gasteiger partial charge in [-0.05, 0) is 49.0 Å². The number of halogens is 1. The fourth-order valence-electron chi connectivity index (χ4n) is 2.55. The molecule has 0 bridgehead atoms. The number of piperidine rings is 1. The maximum Gasteiger partial charge on any atom is 0.340 e. The van der Waals surface area contributed by atoms with Gasteiger partial charge in [-0.15, -0.1) is 0 Å². The van der Waals surface area contributed by atoms with E-state index in [1.165, 1.54) is 13.2 Å². The molecule has 1 N–H and O–H groups in total. The Labute approximate surface area is 106 Å². The molecule has 0 spiro atoms. The highest BCUT2D eigenvalue weighted by molar-refractivity contribution is 5.89. The van der Waals surface area contributed by atoms with E-state index in [4.69, 9.17) is 0 Å². The van der Waals surface area contributed by atoms with Gasteiger partial charge in [0.2, 0.25) is 0 Å². The topological polar surface area (TPSA) is 38.3 Å². The van der Waals surface area contributed by atoms with Crippen LogP contribution in [0.5, 0.6) is 0 Å². The van der Waals surface area contributed by atoms with E-state index in [0.717, 1.165) is 25.1 Å². The normalized spacial score (nSPS) is 23.7. The minimum atomic E-state index is -0.615. The number of ether oxygens (including phenoxy) is 1. The third-order valence-electron chi connectivity index (χ3n) is 3.61. The van der Waals surface area contributed by atoms with Gasteiger partial charge in [-0.25, -0.2) is 9.18 Å². The number of hydrogen-bond acceptors (Lipinski definition) is 3. The van der Waals surface area contributed by atoms with E-state index in [-0.39, 0.29) is 5.56 Å². The van der Waals surface area contributed by atoms with E-state index in [9.17, 15) is 9.18 Å². The minimum Gasteiger partial charge on any atom is -0.465 e. The molecule has 1 aliphatic heterocycles. The van der Waals surface area contributed by atoms with Gasteiger partial charge >= 0.3 is 5.97 Å². The van der Waals surface area contributed by atoms with Crippen LogP contribution in [0.2, 0.25) is 0 Å². The van der Waals surface area contributed by atoms with Gasteiger partial charge in [0, 0.05) is 0 Å². The van der Waals surface area contributed by atoms with Crippen molar-refractivity contribution in [1.82, 2.24) is 5.32 Å². The summed E-state index contributed by atoms with van der Waals surface area (Å²) < 4.78 is 18.2. The first-order chi connectivity index (χ1) is 8.63. The maximum absolute atomic E-state index is 13.6. The van der Waals surface area contributed by atoms with Crippen molar-refractivity contribution in [3.05, 3.63) is 35.1 Å². The van der Waals surface area contributed by atoms with Gasteiger partial charge in [0.15, 0.2) is 0 Å². The van der Waals surface area contributed by atoms with Crippen LogP contribution < -0.4 is 5.32 Å². The lowest BCUT2D eigenvalue weighted by molar-refractivity contribution is 0.0595. The zero-order valence-electron chi connectivity index (χ0n) is 10.7. The molecule has 2 atom stereocenters. The second-order valence-electron chi connectivity index (χ2n) is 4.81. The summed E-state index contributed by atoms with van der Waals surface area (Å²) in [7, 11) is 1.27. The molecule has 1 aliphatic rings. The lowest BCUT2D eigenvalue weighted by Crippen LogP contribution is -2.33. The Morgan fingerprint density at radius 2 is 2.28 bits per heavy atom. The first-order valence-electron chi connectivity index (χ1n) is 6.22. The predicted molar refractivity (Wildman–Crippen MR) is 67.1 cm³/mol. The smallest absolute Gasteiger partial charge is 0.340 e. The number of nitrogens with one attached hydrogen (secondary N) is 1. The number of carbonyl (C=O) groups is 1. The number of esters is 1. The van der Waals surface area contributed by atoms with Crippen LogP contribution in [0.25, 0.3) is 0 Å². The van der Waals surface area contributed by atoms with Crippen molar-refractivity contribution in [1.29, 1.82) is 0 Å². The second kappa shape index (κ2) is 5.48. The Balaban J connectivity index is 2.31. The Bertz CT molecular complexity index is 447. The summed E-state index contributed by atoms with van der Waals surface area (Å²) in [5.41, 5.74) is 1.05. The summed E-state index contributed by atoms with van der Waals surface area (Å²) in [5.74, 6) is -0.284. The van der Waals surface area contributed by atoms with E-state index >= 15 is 0 Å². The molecule has 1 aromatic rings. The molecule has 1 heterocycles. The van der Waals surface area contributed by atoms with Gasteiger partial charge < -0.3 is 10.1 Å². The van der Waals surface area contributed by atoms with Crippen LogP contribution >= 0.6 is 0 Å². The average Bonchev–Trinajstić information content (AvgIpc) is 2.39. The summed E-state index contributed by atoms with van der Waals surface area (Å²) in [6.07, 6.45) is 1.01. The van der Waals surface area contributed by atoms with Crippen molar-refractivity contribution >= 4 is 5.97 Å². The molecule has 98 valence electrons. The largest absolute Gasteiger partial charge is 0.465 e. The van der Waals surface area contributed by atoms with Crippen molar-refractivity contribution in [3.8, 4) is 0 Å². The third-order valence-corrected chi connectivity index (χ3v) is 3.61. The molecule has 0 radical (unpaired) electrons. The van der Waals surface area contributed by atoms with Crippen LogP contribution in [0, 0.1) is 11.7 Å². The van der Waals surface area contributed by atoms with E-state index < -0.39 is 11.8 Å². The SMILES string of the molecule is COC(=O)c1cc(C2CCNCC2C)ccc1F. The molecule has 0 amide bonds. The maximum atomic E-state index is 13.6. The van der Waals surface area contributed by atoms with Gasteiger partial charge in [0.25, 0.3) is 0 Å². The van der Waals surface area contributed by atoms with E-state index in [1.807, 2.05) is 0 Å². The van der Waals surface area contributed by atoms with E-state index in [0.29, 0.717) is 11.8 Å². The molecule has 1 aromatic carbocycles. The van der Waals surface area contributed by atoms with Gasteiger partial charge in [0.05, 0.1) is 12.7 Å². The van der Waals surface area contributed by atoms with Crippen molar-refractivity contribution in [2.24, 2.45) is 5.92 Å². The zero-order valence-corrected chi connectivity index (χ0v) is 10.7. The van der Waals surface area contributed by atoms with Gasteiger partial charge in [-0.2, -0.15) is 0 Å². The molecule has 2 unspecified atom stereocenters. The van der Waals surface area contributed by atoms with Crippen LogP contribution in [0.15, 0.2) is 18.2 Å². The number of benzene rings is 1. The molecule has 4 heteroatoms. The van der Waals surface area contributed by atoms with Crippen molar-refractivity contribution < 1.29 is 13.9 Å². The molecule has 2 rings (SSSR count). The number of rotatable bonds is 2. The standard InChI is InChI=1S/C14H18FNO2/c1-9-8-16-6-5-11(9)10-3-4-13(15)12(7-10)14(17)18-2/h3-4,7,9,11,16H,5-6,8H2,1-2H3. The van der Waals surface area contributed by atoms with Crippen LogP contribution in [0.3, 0.4) is 0 Å². The highest BCUT2D eigenvalue weighted by atomic mass is 19.1. The summed E-state index contributed by atoms with van der Waals surface area (Å²) in [6, 6.07) is 4.76. The summed E-state index contributed by atoms with van der Waals surface area (Å²) in [5, 5.41) is 3.33. The fraction of sp³-hybridized carbons (Fsp3) is 0.500. The Morgan fingerprint density at radius 3 is 2.94 bits per heavy atom. The lowest BCUT2D eigenvalue weighted by atomic mass is 9.82. The summed E-state index contributed by atoms with van der Waals surface area (Å²) >= 11 is 0. The molecule has 0 aromatic heterocycles. The molecular formula is C14H18FNO2. The van der Waals surface area contributed by atoms with Crippen molar-refractivity contribution in [2.45, 2.75) is 19.3 Å². The van der Waals surface area contributed by atoms with Crippen LogP contribution in [-0.2, 0) is 4.74 Å². The third kappa shape index (κ3) is 2.53. The molecule has 18 heavy (non-hydrogen) atoms. The zero-order chi connectivity index (χ0) is 13.1. The molecule has 0 aliphatic carbocycles. The van der Waals surface area contributed by atoms with Gasteiger partial charge in [-0.1, -0.05) is 13.0 Å². The Morgan fingerprint density at radius 1 is 1.50 bits per heavy atom. The van der Waals surface area contributed by atoms with Crippen LogP contribution in [-0.4, -0.2) is 26.2 Å². The first kappa shape index (κ1) is 13.0. The van der Waals surface area contributed by atoms with Crippen molar-refractivity contribution in [2.75, 3.05) is 20.2 Å². The summed E-state index contributed by atoms with van der Waals surface area (Å²) in [6.45, 7) is 4.08. The van der Waals surface area contributed by atoms with E-state index in [2.05, 4.69) is 17.0 Å². The summed E-state index contributed by atoms with van der Waals surface area (Å²) in [4.78, 5) is 11.5. The minimum absolute atomic E-state index is 0.0285. The quantitative estimate of drug-likeness (QED) is 0.820. The molecule has 3 nitrogen and oxygen atoms in total. The highest BCUT2D eigenvalue weighted by Gasteiger charge is 2.24. The van der Waals surface area contributed by atoms with Crippen LogP contribution in [0.4, 0.5) is 4.39 Å². The van der Waals surface area contributed by atoms with Crippen LogP contribution in [0.1, 0.15) is 35.2 Å². The highest BCUT2D eigenvalue weighted by Crippen LogP contribution is 2.31. The molecule has 0 saturated carbocycles. The predicted octanol–water partition coefficient (Wildman–Crippen LogP) is 2.33. The number of methoxy groups -OCH3 is 1. The van der Waals surface area contributed by atoms with Gasteiger partial charge in [-0.3, -0.25) is 0 Å². The van der Waals surface area contributed by atoms with E-state index in [1.54, 1.807) is 12.1 Å². The van der Waals surface area contributed by atoms with Gasteiger partial charge in [0.1, 0.15) is 5.82 Å². The Hall–Kier alpha value is -1.42.